The Morgan fingerprint density at radius 2 is 2.26 bits per heavy atom. The van der Waals surface area contributed by atoms with Gasteiger partial charge in [-0.1, -0.05) is 13.0 Å². The Morgan fingerprint density at radius 1 is 1.53 bits per heavy atom. The number of hydrogen-bond donors (Lipinski definition) is 1. The topological polar surface area (TPSA) is 76.8 Å². The Balaban J connectivity index is 2.61. The van der Waals surface area contributed by atoms with Crippen LogP contribution in [0.5, 0.6) is 0 Å². The van der Waals surface area contributed by atoms with Crippen LogP contribution in [0.3, 0.4) is 0 Å². The summed E-state index contributed by atoms with van der Waals surface area (Å²) in [5.74, 6) is 0.646. The standard InChI is InChI=1S/C12H14N4O2S/c1-3-6-15-11(13-14-12(15)19)10-7-9(16(17)18)5-4-8(10)2/h4-5,7H,3,6H2,1-2H3,(H,14,19). The van der Waals surface area contributed by atoms with Gasteiger partial charge in [-0.25, -0.2) is 0 Å². The molecule has 0 saturated heterocycles. The zero-order valence-corrected chi connectivity index (χ0v) is 11.5. The van der Waals surface area contributed by atoms with Gasteiger partial charge >= 0.3 is 0 Å². The van der Waals surface area contributed by atoms with Crippen LogP contribution in [0.4, 0.5) is 5.69 Å². The highest BCUT2D eigenvalue weighted by Crippen LogP contribution is 2.26. The molecule has 100 valence electrons. The van der Waals surface area contributed by atoms with Crippen molar-refractivity contribution in [1.82, 2.24) is 14.8 Å². The third kappa shape index (κ3) is 2.55. The SMILES string of the molecule is CCCn1c(-c2cc([N+](=O)[O-])ccc2C)n[nH]c1=S. The maximum absolute atomic E-state index is 10.9. The third-order valence-electron chi connectivity index (χ3n) is 2.88. The lowest BCUT2D eigenvalue weighted by molar-refractivity contribution is -0.384. The van der Waals surface area contributed by atoms with Gasteiger partial charge in [-0.05, 0) is 31.1 Å². The molecule has 0 atom stereocenters. The number of nitro benzene ring substituents is 1. The van der Waals surface area contributed by atoms with E-state index in [2.05, 4.69) is 10.2 Å². The molecule has 1 aromatic carbocycles. The Bertz CT molecular complexity index is 675. The van der Waals surface area contributed by atoms with Crippen molar-refractivity contribution in [1.29, 1.82) is 0 Å². The lowest BCUT2D eigenvalue weighted by atomic mass is 10.1. The number of hydrogen-bond acceptors (Lipinski definition) is 4. The van der Waals surface area contributed by atoms with Crippen LogP contribution in [0.2, 0.25) is 0 Å². The minimum Gasteiger partial charge on any atom is -0.300 e. The number of aryl methyl sites for hydroxylation is 1. The van der Waals surface area contributed by atoms with Crippen molar-refractivity contribution < 1.29 is 4.92 Å². The van der Waals surface area contributed by atoms with Crippen molar-refractivity contribution in [3.05, 3.63) is 38.6 Å². The second-order valence-corrected chi connectivity index (χ2v) is 4.65. The average Bonchev–Trinajstić information content (AvgIpc) is 2.72. The molecule has 19 heavy (non-hydrogen) atoms. The van der Waals surface area contributed by atoms with Crippen LogP contribution in [0.1, 0.15) is 18.9 Å². The number of non-ortho nitro benzene ring substituents is 1. The molecule has 6 nitrogen and oxygen atoms in total. The summed E-state index contributed by atoms with van der Waals surface area (Å²) in [7, 11) is 0. The maximum atomic E-state index is 10.9. The molecule has 0 aliphatic rings. The van der Waals surface area contributed by atoms with Crippen LogP contribution >= 0.6 is 12.2 Å². The van der Waals surface area contributed by atoms with E-state index in [1.54, 1.807) is 6.07 Å². The highest BCUT2D eigenvalue weighted by molar-refractivity contribution is 7.71. The van der Waals surface area contributed by atoms with Crippen LogP contribution in [0.25, 0.3) is 11.4 Å². The number of nitrogens with one attached hydrogen (secondary N) is 1. The van der Waals surface area contributed by atoms with Crippen molar-refractivity contribution in [2.24, 2.45) is 0 Å². The molecule has 2 rings (SSSR count). The number of rotatable bonds is 4. The number of nitrogens with zero attached hydrogens (tertiary/aromatic N) is 3. The predicted octanol–water partition coefficient (Wildman–Crippen LogP) is 3.23. The Kier molecular flexibility index (Phi) is 3.75. The fourth-order valence-electron chi connectivity index (χ4n) is 1.92. The second-order valence-electron chi connectivity index (χ2n) is 4.26. The molecule has 1 N–H and O–H groups in total. The van der Waals surface area contributed by atoms with E-state index in [1.807, 2.05) is 18.4 Å². The van der Waals surface area contributed by atoms with Gasteiger partial charge in [-0.15, -0.1) is 0 Å². The number of aromatic amines is 1. The second kappa shape index (κ2) is 5.31. The zero-order valence-electron chi connectivity index (χ0n) is 10.7. The number of benzene rings is 1. The van der Waals surface area contributed by atoms with E-state index in [-0.39, 0.29) is 5.69 Å². The molecule has 0 aliphatic heterocycles. The van der Waals surface area contributed by atoms with Gasteiger partial charge in [-0.3, -0.25) is 15.2 Å². The quantitative estimate of drug-likeness (QED) is 0.529. The summed E-state index contributed by atoms with van der Waals surface area (Å²) < 4.78 is 2.39. The molecule has 2 aromatic rings. The normalized spacial score (nSPS) is 10.6. The van der Waals surface area contributed by atoms with E-state index in [0.29, 0.717) is 10.6 Å². The first-order valence-corrected chi connectivity index (χ1v) is 6.36. The highest BCUT2D eigenvalue weighted by Gasteiger charge is 2.15. The van der Waals surface area contributed by atoms with Crippen molar-refractivity contribution in [3.63, 3.8) is 0 Å². The van der Waals surface area contributed by atoms with Crippen molar-refractivity contribution in [2.45, 2.75) is 26.8 Å². The predicted molar refractivity (Wildman–Crippen MR) is 74.5 cm³/mol. The van der Waals surface area contributed by atoms with Gasteiger partial charge in [0.2, 0.25) is 0 Å². The van der Waals surface area contributed by atoms with Gasteiger partial charge in [0.1, 0.15) is 0 Å². The molecule has 0 spiro atoms. The van der Waals surface area contributed by atoms with E-state index < -0.39 is 4.92 Å². The molecule has 0 aliphatic carbocycles. The Hall–Kier alpha value is -2.02. The number of nitro groups is 1. The average molecular weight is 278 g/mol. The largest absolute Gasteiger partial charge is 0.300 e. The van der Waals surface area contributed by atoms with Crippen LogP contribution in [0, 0.1) is 21.8 Å². The van der Waals surface area contributed by atoms with Gasteiger partial charge in [0, 0.05) is 24.2 Å². The van der Waals surface area contributed by atoms with Gasteiger partial charge in [-0.2, -0.15) is 5.10 Å². The Labute approximate surface area is 115 Å². The minimum atomic E-state index is -0.408. The first-order valence-electron chi connectivity index (χ1n) is 5.95. The van der Waals surface area contributed by atoms with Crippen molar-refractivity contribution in [2.75, 3.05) is 0 Å². The van der Waals surface area contributed by atoms with Gasteiger partial charge in [0.05, 0.1) is 4.92 Å². The van der Waals surface area contributed by atoms with Gasteiger partial charge < -0.3 is 4.57 Å². The van der Waals surface area contributed by atoms with Crippen LogP contribution in [-0.4, -0.2) is 19.7 Å². The molecule has 0 saturated carbocycles. The lowest BCUT2D eigenvalue weighted by Gasteiger charge is -2.07. The third-order valence-corrected chi connectivity index (χ3v) is 3.19. The van der Waals surface area contributed by atoms with E-state index in [1.165, 1.54) is 12.1 Å². The molecule has 0 amide bonds. The molecule has 0 radical (unpaired) electrons. The van der Waals surface area contributed by atoms with Crippen LogP contribution in [0.15, 0.2) is 18.2 Å². The summed E-state index contributed by atoms with van der Waals surface area (Å²) >= 11 is 5.18. The monoisotopic (exact) mass is 278 g/mol. The number of H-pyrrole nitrogens is 1. The molecule has 1 heterocycles. The molecule has 1 aromatic heterocycles. The summed E-state index contributed by atoms with van der Waals surface area (Å²) in [5, 5.41) is 17.8. The fourth-order valence-corrected chi connectivity index (χ4v) is 2.14. The summed E-state index contributed by atoms with van der Waals surface area (Å²) in [4.78, 5) is 10.5. The molecular formula is C12H14N4O2S. The van der Waals surface area contributed by atoms with E-state index in [0.717, 1.165) is 24.1 Å². The van der Waals surface area contributed by atoms with Gasteiger partial charge in [0.15, 0.2) is 10.6 Å². The van der Waals surface area contributed by atoms with Crippen molar-refractivity contribution >= 4 is 17.9 Å². The van der Waals surface area contributed by atoms with E-state index >= 15 is 0 Å². The summed E-state index contributed by atoms with van der Waals surface area (Å²) in [6.07, 6.45) is 0.912. The Morgan fingerprint density at radius 3 is 2.89 bits per heavy atom. The van der Waals surface area contributed by atoms with E-state index in [4.69, 9.17) is 12.2 Å². The molecule has 0 unspecified atom stereocenters. The minimum absolute atomic E-state index is 0.0533. The smallest absolute Gasteiger partial charge is 0.270 e. The summed E-state index contributed by atoms with van der Waals surface area (Å²) in [5.41, 5.74) is 1.71. The molecule has 0 bridgehead atoms. The van der Waals surface area contributed by atoms with Crippen molar-refractivity contribution in [3.8, 4) is 11.4 Å². The highest BCUT2D eigenvalue weighted by atomic mass is 32.1. The molecular weight excluding hydrogens is 264 g/mol. The van der Waals surface area contributed by atoms with Crippen LogP contribution < -0.4 is 0 Å². The molecule has 7 heteroatoms. The zero-order chi connectivity index (χ0) is 14.0. The lowest BCUT2D eigenvalue weighted by Crippen LogP contribution is -2.01. The number of aromatic nitrogens is 3. The molecule has 0 fully saturated rings. The fraction of sp³-hybridized carbons (Fsp3) is 0.333. The summed E-state index contributed by atoms with van der Waals surface area (Å²) in [6, 6.07) is 4.75. The van der Waals surface area contributed by atoms with Gasteiger partial charge in [0.25, 0.3) is 5.69 Å². The van der Waals surface area contributed by atoms with E-state index in [9.17, 15) is 10.1 Å². The first kappa shape index (κ1) is 13.4. The van der Waals surface area contributed by atoms with Crippen LogP contribution in [-0.2, 0) is 6.54 Å². The first-order chi connectivity index (χ1) is 9.04. The maximum Gasteiger partial charge on any atom is 0.270 e. The summed E-state index contributed by atoms with van der Waals surface area (Å²) in [6.45, 7) is 4.67.